The minimum atomic E-state index is 0.581. The van der Waals surface area contributed by atoms with Crippen LogP contribution in [-0.2, 0) is 0 Å². The Kier molecular flexibility index (Phi) is 6.00. The van der Waals surface area contributed by atoms with Gasteiger partial charge in [0.15, 0.2) is 0 Å². The van der Waals surface area contributed by atoms with Gasteiger partial charge in [-0.15, -0.1) is 0 Å². The summed E-state index contributed by atoms with van der Waals surface area (Å²) in [5.74, 6) is 1.29. The molecule has 0 atom stereocenters. The topological polar surface area (TPSA) is 3.24 Å². The molecule has 1 heteroatoms. The summed E-state index contributed by atoms with van der Waals surface area (Å²) in [6, 6.07) is 1.16. The highest BCUT2D eigenvalue weighted by Crippen LogP contribution is 2.21. The Balaban J connectivity index is 4.91. The molecular weight excluding hydrogens is 182 g/mol. The number of allylic oxidation sites excluding steroid dienone is 1. The van der Waals surface area contributed by atoms with E-state index in [2.05, 4.69) is 66.5 Å². The summed E-state index contributed by atoms with van der Waals surface area (Å²) in [7, 11) is 0. The van der Waals surface area contributed by atoms with Crippen LogP contribution in [0.2, 0.25) is 0 Å². The molecular formula is C14H29N. The van der Waals surface area contributed by atoms with E-state index in [0.717, 1.165) is 0 Å². The number of hydrogen-bond acceptors (Lipinski definition) is 1. The van der Waals surface area contributed by atoms with Crippen LogP contribution < -0.4 is 0 Å². The molecule has 0 amide bonds. The first-order valence-electron chi connectivity index (χ1n) is 6.26. The maximum absolute atomic E-state index is 2.45. The summed E-state index contributed by atoms with van der Waals surface area (Å²) < 4.78 is 0. The molecule has 0 heterocycles. The van der Waals surface area contributed by atoms with Gasteiger partial charge in [0.1, 0.15) is 0 Å². The van der Waals surface area contributed by atoms with Crippen molar-refractivity contribution in [3.05, 3.63) is 11.8 Å². The molecule has 0 aromatic carbocycles. The predicted octanol–water partition coefficient (Wildman–Crippen LogP) is 4.30. The van der Waals surface area contributed by atoms with Crippen LogP contribution in [0.1, 0.15) is 55.4 Å². The largest absolute Gasteiger partial charge is 0.373 e. The highest BCUT2D eigenvalue weighted by molar-refractivity contribution is 5.08. The summed E-state index contributed by atoms with van der Waals surface area (Å²) >= 11 is 0. The van der Waals surface area contributed by atoms with Gasteiger partial charge in [-0.1, -0.05) is 27.7 Å². The summed E-state index contributed by atoms with van der Waals surface area (Å²) in [4.78, 5) is 2.45. The van der Waals surface area contributed by atoms with Crippen LogP contribution in [0.5, 0.6) is 0 Å². The minimum Gasteiger partial charge on any atom is -0.373 e. The molecule has 15 heavy (non-hydrogen) atoms. The van der Waals surface area contributed by atoms with E-state index in [4.69, 9.17) is 0 Å². The van der Waals surface area contributed by atoms with Gasteiger partial charge in [-0.25, -0.2) is 0 Å². The first-order chi connectivity index (χ1) is 6.77. The van der Waals surface area contributed by atoms with Crippen LogP contribution >= 0.6 is 0 Å². The summed E-state index contributed by atoms with van der Waals surface area (Å²) in [5, 5.41) is 0. The zero-order valence-electron chi connectivity index (χ0n) is 11.8. The van der Waals surface area contributed by atoms with Gasteiger partial charge in [-0.05, 0) is 51.3 Å². The molecule has 0 fully saturated rings. The maximum atomic E-state index is 2.45. The van der Waals surface area contributed by atoms with E-state index in [9.17, 15) is 0 Å². The molecule has 0 unspecified atom stereocenters. The average molecular weight is 211 g/mol. The fourth-order valence-electron chi connectivity index (χ4n) is 2.03. The highest BCUT2D eigenvalue weighted by Gasteiger charge is 2.14. The summed E-state index contributed by atoms with van der Waals surface area (Å²) in [5.41, 5.74) is 1.55. The summed E-state index contributed by atoms with van der Waals surface area (Å²) in [6.07, 6.45) is 2.38. The molecule has 0 aromatic heterocycles. The third-order valence-electron chi connectivity index (χ3n) is 2.82. The van der Waals surface area contributed by atoms with E-state index >= 15 is 0 Å². The lowest BCUT2D eigenvalue weighted by Crippen LogP contribution is -2.33. The second-order valence-electron chi connectivity index (χ2n) is 5.57. The molecule has 0 aliphatic rings. The second-order valence-corrected chi connectivity index (χ2v) is 5.57. The average Bonchev–Trinajstić information content (AvgIpc) is 2.01. The molecule has 0 aromatic rings. The quantitative estimate of drug-likeness (QED) is 0.655. The Labute approximate surface area is 96.6 Å². The van der Waals surface area contributed by atoms with Gasteiger partial charge >= 0.3 is 0 Å². The Morgan fingerprint density at radius 2 is 1.07 bits per heavy atom. The fraction of sp³-hybridized carbons (Fsp3) is 0.857. The monoisotopic (exact) mass is 211 g/mol. The van der Waals surface area contributed by atoms with Gasteiger partial charge in [-0.3, -0.25) is 0 Å². The van der Waals surface area contributed by atoms with Crippen LogP contribution in [0.4, 0.5) is 0 Å². The maximum Gasteiger partial charge on any atom is 0.0230 e. The number of hydrogen-bond donors (Lipinski definition) is 0. The Hall–Kier alpha value is -0.460. The normalized spacial score (nSPS) is 11.7. The molecule has 0 rings (SSSR count). The van der Waals surface area contributed by atoms with E-state index in [1.807, 2.05) is 0 Å². The molecule has 0 radical (unpaired) electrons. The van der Waals surface area contributed by atoms with E-state index in [0.29, 0.717) is 23.9 Å². The van der Waals surface area contributed by atoms with Crippen molar-refractivity contribution in [3.8, 4) is 0 Å². The highest BCUT2D eigenvalue weighted by atomic mass is 15.2. The molecule has 0 saturated carbocycles. The van der Waals surface area contributed by atoms with Gasteiger partial charge in [0.05, 0.1) is 0 Å². The van der Waals surface area contributed by atoms with Crippen molar-refractivity contribution in [2.45, 2.75) is 67.5 Å². The molecule has 0 saturated heterocycles. The van der Waals surface area contributed by atoms with Gasteiger partial charge in [0, 0.05) is 12.1 Å². The molecule has 0 spiro atoms. The molecule has 0 aliphatic heterocycles. The molecule has 0 aliphatic carbocycles. The third-order valence-corrected chi connectivity index (χ3v) is 2.82. The lowest BCUT2D eigenvalue weighted by molar-refractivity contribution is 0.250. The van der Waals surface area contributed by atoms with Crippen molar-refractivity contribution in [1.29, 1.82) is 0 Å². The zero-order valence-corrected chi connectivity index (χ0v) is 11.8. The fourth-order valence-corrected chi connectivity index (χ4v) is 2.03. The van der Waals surface area contributed by atoms with Crippen LogP contribution in [-0.4, -0.2) is 17.0 Å². The van der Waals surface area contributed by atoms with Crippen molar-refractivity contribution in [2.24, 2.45) is 11.8 Å². The summed E-state index contributed by atoms with van der Waals surface area (Å²) in [6.45, 7) is 18.2. The lowest BCUT2D eigenvalue weighted by Gasteiger charge is -2.32. The van der Waals surface area contributed by atoms with E-state index in [1.165, 1.54) is 0 Å². The molecule has 90 valence electrons. The van der Waals surface area contributed by atoms with E-state index in [1.54, 1.807) is 5.57 Å². The van der Waals surface area contributed by atoms with E-state index < -0.39 is 0 Å². The SMILES string of the molecule is CC(C)C(=CN(C(C)C)C(C)C)C(C)C. The van der Waals surface area contributed by atoms with Crippen LogP contribution in [0, 0.1) is 11.8 Å². The van der Waals surface area contributed by atoms with Crippen molar-refractivity contribution >= 4 is 0 Å². The molecule has 0 bridgehead atoms. The third kappa shape index (κ3) is 4.72. The first kappa shape index (κ1) is 14.5. The van der Waals surface area contributed by atoms with Crippen molar-refractivity contribution in [2.75, 3.05) is 0 Å². The van der Waals surface area contributed by atoms with Crippen molar-refractivity contribution < 1.29 is 0 Å². The first-order valence-corrected chi connectivity index (χ1v) is 6.26. The van der Waals surface area contributed by atoms with Crippen molar-refractivity contribution in [1.82, 2.24) is 4.90 Å². The van der Waals surface area contributed by atoms with Crippen molar-refractivity contribution in [3.63, 3.8) is 0 Å². The van der Waals surface area contributed by atoms with Crippen LogP contribution in [0.25, 0.3) is 0 Å². The van der Waals surface area contributed by atoms with Gasteiger partial charge < -0.3 is 4.90 Å². The Morgan fingerprint density at radius 1 is 0.733 bits per heavy atom. The van der Waals surface area contributed by atoms with Crippen LogP contribution in [0.3, 0.4) is 0 Å². The van der Waals surface area contributed by atoms with Gasteiger partial charge in [0.2, 0.25) is 0 Å². The second kappa shape index (κ2) is 6.19. The standard InChI is InChI=1S/C14H29N/c1-10(2)14(11(3)4)9-15(12(5)6)13(7)8/h9-13H,1-8H3. The van der Waals surface area contributed by atoms with Gasteiger partial charge in [-0.2, -0.15) is 0 Å². The molecule has 0 N–H and O–H groups in total. The smallest absolute Gasteiger partial charge is 0.0230 e. The zero-order chi connectivity index (χ0) is 12.2. The number of rotatable bonds is 5. The minimum absolute atomic E-state index is 0.581. The van der Waals surface area contributed by atoms with Crippen LogP contribution in [0.15, 0.2) is 11.8 Å². The Morgan fingerprint density at radius 3 is 1.27 bits per heavy atom. The Bertz CT molecular complexity index is 181. The lowest BCUT2D eigenvalue weighted by atomic mass is 9.93. The van der Waals surface area contributed by atoms with Gasteiger partial charge in [0.25, 0.3) is 0 Å². The molecule has 1 nitrogen and oxygen atoms in total. The predicted molar refractivity (Wildman–Crippen MR) is 69.9 cm³/mol. The van der Waals surface area contributed by atoms with E-state index in [-0.39, 0.29) is 0 Å². The number of nitrogens with zero attached hydrogens (tertiary/aromatic N) is 1.